The zero-order chi connectivity index (χ0) is 15.0. The van der Waals surface area contributed by atoms with E-state index >= 15 is 0 Å². The lowest BCUT2D eigenvalue weighted by Gasteiger charge is -2.11. The fourth-order valence-electron chi connectivity index (χ4n) is 2.05. The van der Waals surface area contributed by atoms with Crippen LogP contribution in [-0.2, 0) is 0 Å². The summed E-state index contributed by atoms with van der Waals surface area (Å²) < 4.78 is 0. The molecule has 0 aliphatic heterocycles. The molecular formula is C17H16Cl2O. The van der Waals surface area contributed by atoms with Crippen LogP contribution in [0.4, 0.5) is 0 Å². The van der Waals surface area contributed by atoms with Crippen molar-refractivity contribution in [2.75, 3.05) is 0 Å². The molecule has 0 N–H and O–H groups in total. The first kappa shape index (κ1) is 15.1. The summed E-state index contributed by atoms with van der Waals surface area (Å²) in [6.45, 7) is 7.83. The van der Waals surface area contributed by atoms with Crippen molar-refractivity contribution in [2.24, 2.45) is 0 Å². The van der Waals surface area contributed by atoms with Gasteiger partial charge in [0.2, 0.25) is 0 Å². The minimum absolute atomic E-state index is 0.0944. The highest BCUT2D eigenvalue weighted by Gasteiger charge is 2.18. The lowest BCUT2D eigenvalue weighted by atomic mass is 9.97. The Bertz CT molecular complexity index is 703. The van der Waals surface area contributed by atoms with Gasteiger partial charge in [-0.15, -0.1) is 0 Å². The third-order valence-electron chi connectivity index (χ3n) is 3.72. The maximum absolute atomic E-state index is 12.6. The van der Waals surface area contributed by atoms with E-state index in [1.807, 2.05) is 45.9 Å². The van der Waals surface area contributed by atoms with Crippen molar-refractivity contribution in [3.8, 4) is 0 Å². The molecule has 1 nitrogen and oxygen atoms in total. The summed E-state index contributed by atoms with van der Waals surface area (Å²) in [6.07, 6.45) is 0. The van der Waals surface area contributed by atoms with Crippen LogP contribution in [0, 0.1) is 27.7 Å². The first-order chi connectivity index (χ1) is 9.32. The van der Waals surface area contributed by atoms with Gasteiger partial charge in [0, 0.05) is 11.1 Å². The summed E-state index contributed by atoms with van der Waals surface area (Å²) in [4.78, 5) is 12.6. The maximum Gasteiger partial charge on any atom is 0.194 e. The monoisotopic (exact) mass is 306 g/mol. The van der Waals surface area contributed by atoms with Crippen molar-refractivity contribution in [3.05, 3.63) is 67.7 Å². The number of benzene rings is 2. The Balaban J connectivity index is 2.56. The second-order valence-corrected chi connectivity index (χ2v) is 5.88. The predicted octanol–water partition coefficient (Wildman–Crippen LogP) is 5.46. The number of ketones is 1. The second kappa shape index (κ2) is 5.59. The van der Waals surface area contributed by atoms with Crippen molar-refractivity contribution in [1.82, 2.24) is 0 Å². The standard InChI is InChI=1S/C17H16Cl2O/c1-9-5-6-13(7-10(9)2)17(20)14-8-11(3)12(4)15(18)16(14)19/h5-8H,1-4H3. The number of aryl methyl sites for hydroxylation is 3. The molecule has 0 heterocycles. The highest BCUT2D eigenvalue weighted by Crippen LogP contribution is 2.33. The van der Waals surface area contributed by atoms with Crippen LogP contribution in [0.15, 0.2) is 24.3 Å². The van der Waals surface area contributed by atoms with E-state index in [0.717, 1.165) is 22.3 Å². The molecular weight excluding hydrogens is 291 g/mol. The van der Waals surface area contributed by atoms with Crippen molar-refractivity contribution < 1.29 is 4.79 Å². The molecule has 0 unspecified atom stereocenters. The van der Waals surface area contributed by atoms with Crippen molar-refractivity contribution in [1.29, 1.82) is 0 Å². The van der Waals surface area contributed by atoms with Gasteiger partial charge in [-0.25, -0.2) is 0 Å². The maximum atomic E-state index is 12.6. The van der Waals surface area contributed by atoms with E-state index in [0.29, 0.717) is 21.2 Å². The van der Waals surface area contributed by atoms with E-state index in [1.165, 1.54) is 0 Å². The summed E-state index contributed by atoms with van der Waals surface area (Å²) >= 11 is 12.4. The van der Waals surface area contributed by atoms with Gasteiger partial charge < -0.3 is 0 Å². The average molecular weight is 307 g/mol. The van der Waals surface area contributed by atoms with E-state index in [9.17, 15) is 4.79 Å². The third kappa shape index (κ3) is 2.61. The lowest BCUT2D eigenvalue weighted by Crippen LogP contribution is -2.05. The van der Waals surface area contributed by atoms with Gasteiger partial charge in [0.1, 0.15) is 0 Å². The van der Waals surface area contributed by atoms with Crippen molar-refractivity contribution in [2.45, 2.75) is 27.7 Å². The Morgan fingerprint density at radius 1 is 0.850 bits per heavy atom. The SMILES string of the molecule is Cc1ccc(C(=O)c2cc(C)c(C)c(Cl)c2Cl)cc1C. The number of hydrogen-bond acceptors (Lipinski definition) is 1. The minimum Gasteiger partial charge on any atom is -0.289 e. The molecule has 20 heavy (non-hydrogen) atoms. The quantitative estimate of drug-likeness (QED) is 0.673. The van der Waals surface area contributed by atoms with Crippen LogP contribution < -0.4 is 0 Å². The molecule has 3 heteroatoms. The third-order valence-corrected chi connectivity index (χ3v) is 4.69. The molecule has 0 saturated carbocycles. The molecule has 104 valence electrons. The summed E-state index contributed by atoms with van der Waals surface area (Å²) in [5.74, 6) is -0.0944. The number of halogens is 2. The Kier molecular flexibility index (Phi) is 4.22. The first-order valence-corrected chi connectivity index (χ1v) is 7.15. The smallest absolute Gasteiger partial charge is 0.194 e. The van der Waals surface area contributed by atoms with E-state index in [2.05, 4.69) is 0 Å². The molecule has 0 fully saturated rings. The molecule has 0 amide bonds. The Morgan fingerprint density at radius 2 is 1.50 bits per heavy atom. The van der Waals surface area contributed by atoms with Gasteiger partial charge in [0.25, 0.3) is 0 Å². The van der Waals surface area contributed by atoms with E-state index in [-0.39, 0.29) is 5.78 Å². The molecule has 0 bridgehead atoms. The van der Waals surface area contributed by atoms with Crippen molar-refractivity contribution >= 4 is 29.0 Å². The summed E-state index contributed by atoms with van der Waals surface area (Å²) in [5.41, 5.74) is 5.21. The molecule has 2 aromatic carbocycles. The van der Waals surface area contributed by atoms with E-state index in [4.69, 9.17) is 23.2 Å². The molecule has 2 aromatic rings. The Labute approximate surface area is 129 Å². The number of rotatable bonds is 2. The van der Waals surface area contributed by atoms with Crippen LogP contribution in [0.1, 0.15) is 38.2 Å². The fourth-order valence-corrected chi connectivity index (χ4v) is 2.58. The second-order valence-electron chi connectivity index (χ2n) is 5.12. The molecule has 0 radical (unpaired) electrons. The zero-order valence-electron chi connectivity index (χ0n) is 12.0. The van der Waals surface area contributed by atoms with Crippen LogP contribution in [0.3, 0.4) is 0 Å². The topological polar surface area (TPSA) is 17.1 Å². The largest absolute Gasteiger partial charge is 0.289 e. The Morgan fingerprint density at radius 3 is 2.10 bits per heavy atom. The van der Waals surface area contributed by atoms with Gasteiger partial charge in [-0.05, 0) is 62.1 Å². The number of carbonyl (C=O) groups is 1. The normalized spacial score (nSPS) is 10.7. The fraction of sp³-hybridized carbons (Fsp3) is 0.235. The minimum atomic E-state index is -0.0944. The molecule has 0 spiro atoms. The number of hydrogen-bond donors (Lipinski definition) is 0. The summed E-state index contributed by atoms with van der Waals surface area (Å²) in [7, 11) is 0. The molecule has 0 saturated heterocycles. The average Bonchev–Trinajstić information content (AvgIpc) is 2.43. The van der Waals surface area contributed by atoms with Crippen LogP contribution in [0.2, 0.25) is 10.0 Å². The molecule has 0 aromatic heterocycles. The molecule has 0 atom stereocenters. The van der Waals surface area contributed by atoms with E-state index < -0.39 is 0 Å². The number of carbonyl (C=O) groups excluding carboxylic acids is 1. The van der Waals surface area contributed by atoms with Crippen LogP contribution >= 0.6 is 23.2 Å². The van der Waals surface area contributed by atoms with E-state index in [1.54, 1.807) is 6.07 Å². The lowest BCUT2D eigenvalue weighted by molar-refractivity contribution is 0.103. The van der Waals surface area contributed by atoms with Gasteiger partial charge in [-0.3, -0.25) is 4.79 Å². The summed E-state index contributed by atoms with van der Waals surface area (Å²) in [6, 6.07) is 7.46. The highest BCUT2D eigenvalue weighted by atomic mass is 35.5. The van der Waals surface area contributed by atoms with Gasteiger partial charge in [0.15, 0.2) is 5.78 Å². The van der Waals surface area contributed by atoms with Gasteiger partial charge in [0.05, 0.1) is 10.0 Å². The zero-order valence-corrected chi connectivity index (χ0v) is 13.5. The predicted molar refractivity (Wildman–Crippen MR) is 85.3 cm³/mol. The summed E-state index contributed by atoms with van der Waals surface area (Å²) in [5, 5.41) is 0.789. The van der Waals surface area contributed by atoms with Crippen LogP contribution in [0.5, 0.6) is 0 Å². The van der Waals surface area contributed by atoms with Crippen molar-refractivity contribution in [3.63, 3.8) is 0 Å². The van der Waals surface area contributed by atoms with Crippen LogP contribution in [0.25, 0.3) is 0 Å². The van der Waals surface area contributed by atoms with Gasteiger partial charge in [-0.1, -0.05) is 35.3 Å². The molecule has 2 rings (SSSR count). The van der Waals surface area contributed by atoms with Crippen LogP contribution in [-0.4, -0.2) is 5.78 Å². The molecule has 0 aliphatic rings. The molecule has 0 aliphatic carbocycles. The highest BCUT2D eigenvalue weighted by molar-refractivity contribution is 6.44. The first-order valence-electron chi connectivity index (χ1n) is 6.40. The Hall–Kier alpha value is -1.31. The van der Waals surface area contributed by atoms with Gasteiger partial charge in [-0.2, -0.15) is 0 Å². The van der Waals surface area contributed by atoms with Gasteiger partial charge >= 0.3 is 0 Å².